The Balaban J connectivity index is 1.54. The van der Waals surface area contributed by atoms with Crippen LogP contribution < -0.4 is 10.1 Å². The summed E-state index contributed by atoms with van der Waals surface area (Å²) in [4.78, 5) is 18.9. The third-order valence-electron chi connectivity index (χ3n) is 5.11. The summed E-state index contributed by atoms with van der Waals surface area (Å²) in [6.07, 6.45) is 1.60. The van der Waals surface area contributed by atoms with Crippen molar-refractivity contribution in [2.75, 3.05) is 39.4 Å². The minimum Gasteiger partial charge on any atom is -0.491 e. The van der Waals surface area contributed by atoms with Crippen molar-refractivity contribution in [2.24, 2.45) is 10.9 Å². The van der Waals surface area contributed by atoms with Crippen molar-refractivity contribution in [3.05, 3.63) is 42.5 Å². The van der Waals surface area contributed by atoms with Crippen molar-refractivity contribution < 1.29 is 14.3 Å². The Bertz CT molecular complexity index is 824. The molecule has 0 spiro atoms. The number of rotatable bonds is 7. The lowest BCUT2D eigenvalue weighted by molar-refractivity contribution is -0.149. The van der Waals surface area contributed by atoms with Crippen LogP contribution in [0.3, 0.4) is 0 Å². The fourth-order valence-electron chi connectivity index (χ4n) is 3.64. The van der Waals surface area contributed by atoms with Crippen LogP contribution in [0.5, 0.6) is 5.75 Å². The first-order chi connectivity index (χ1) is 14.2. The van der Waals surface area contributed by atoms with Crippen LogP contribution >= 0.6 is 0 Å². The second-order valence-corrected chi connectivity index (χ2v) is 7.07. The number of nitrogens with one attached hydrogen (secondary N) is 1. The summed E-state index contributed by atoms with van der Waals surface area (Å²) in [6, 6.07) is 14.3. The normalized spacial score (nSPS) is 15.4. The highest BCUT2D eigenvalue weighted by molar-refractivity contribution is 5.88. The molecule has 1 saturated heterocycles. The molecule has 6 nitrogen and oxygen atoms in total. The third kappa shape index (κ3) is 5.62. The van der Waals surface area contributed by atoms with E-state index in [1.54, 1.807) is 0 Å². The molecule has 0 aromatic heterocycles. The summed E-state index contributed by atoms with van der Waals surface area (Å²) < 4.78 is 11.2. The lowest BCUT2D eigenvalue weighted by atomic mass is 9.97. The van der Waals surface area contributed by atoms with Gasteiger partial charge in [0.05, 0.1) is 19.1 Å². The molecular formula is C23H31N3O3. The van der Waals surface area contributed by atoms with Gasteiger partial charge in [-0.15, -0.1) is 0 Å². The number of hydrogen-bond acceptors (Lipinski definition) is 4. The highest BCUT2D eigenvalue weighted by Crippen LogP contribution is 2.25. The summed E-state index contributed by atoms with van der Waals surface area (Å²) in [5.74, 6) is 1.70. The molecule has 3 rings (SSSR count). The number of esters is 1. The second-order valence-electron chi connectivity index (χ2n) is 7.07. The van der Waals surface area contributed by atoms with Gasteiger partial charge in [0.1, 0.15) is 12.4 Å². The zero-order valence-corrected chi connectivity index (χ0v) is 17.4. The molecule has 6 heteroatoms. The van der Waals surface area contributed by atoms with Crippen molar-refractivity contribution in [3.8, 4) is 5.75 Å². The summed E-state index contributed by atoms with van der Waals surface area (Å²) in [6.45, 7) is 7.86. The third-order valence-corrected chi connectivity index (χ3v) is 5.11. The largest absolute Gasteiger partial charge is 0.491 e. The number of aliphatic imine (C=N–C) groups is 1. The number of benzene rings is 2. The van der Waals surface area contributed by atoms with Crippen molar-refractivity contribution in [2.45, 2.75) is 26.7 Å². The Hall–Kier alpha value is -2.76. The molecule has 1 N–H and O–H groups in total. The lowest BCUT2D eigenvalue weighted by Gasteiger charge is -2.33. The molecule has 1 heterocycles. The average molecular weight is 398 g/mol. The summed E-state index contributed by atoms with van der Waals surface area (Å²) >= 11 is 0. The highest BCUT2D eigenvalue weighted by atomic mass is 16.5. The molecule has 0 amide bonds. The predicted octanol–water partition coefficient (Wildman–Crippen LogP) is 3.46. The zero-order valence-electron chi connectivity index (χ0n) is 17.4. The van der Waals surface area contributed by atoms with Crippen LogP contribution in [0.2, 0.25) is 0 Å². The van der Waals surface area contributed by atoms with Crippen LogP contribution in [0, 0.1) is 5.92 Å². The van der Waals surface area contributed by atoms with Gasteiger partial charge in [-0.25, -0.2) is 4.99 Å². The minimum absolute atomic E-state index is 0.00349. The molecule has 0 unspecified atom stereocenters. The maximum Gasteiger partial charge on any atom is 0.309 e. The number of fused-ring (bicyclic) bond motifs is 1. The molecule has 0 atom stereocenters. The standard InChI is InChI=1S/C23H31N3O3/c1-3-24-23(26-15-12-19(13-16-26)22(27)28-4-2)25-14-17-29-21-11-7-9-18-8-5-6-10-20(18)21/h5-11,19H,3-4,12-17H2,1-2H3,(H,24,25). The smallest absolute Gasteiger partial charge is 0.309 e. The molecule has 0 saturated carbocycles. The van der Waals surface area contributed by atoms with Gasteiger partial charge < -0.3 is 19.7 Å². The van der Waals surface area contributed by atoms with Gasteiger partial charge in [0.15, 0.2) is 5.96 Å². The highest BCUT2D eigenvalue weighted by Gasteiger charge is 2.27. The van der Waals surface area contributed by atoms with E-state index in [2.05, 4.69) is 35.3 Å². The van der Waals surface area contributed by atoms with E-state index in [0.717, 1.165) is 49.6 Å². The van der Waals surface area contributed by atoms with Crippen molar-refractivity contribution in [1.29, 1.82) is 0 Å². The van der Waals surface area contributed by atoms with Gasteiger partial charge in [0.2, 0.25) is 0 Å². The van der Waals surface area contributed by atoms with E-state index < -0.39 is 0 Å². The van der Waals surface area contributed by atoms with Crippen LogP contribution in [0.4, 0.5) is 0 Å². The summed E-state index contributed by atoms with van der Waals surface area (Å²) in [5.41, 5.74) is 0. The average Bonchev–Trinajstić information content (AvgIpc) is 2.76. The molecule has 0 bridgehead atoms. The first-order valence-electron chi connectivity index (χ1n) is 10.5. The fraction of sp³-hybridized carbons (Fsp3) is 0.478. The second kappa shape index (κ2) is 10.7. The Morgan fingerprint density at radius 3 is 2.66 bits per heavy atom. The van der Waals surface area contributed by atoms with Gasteiger partial charge in [-0.3, -0.25) is 4.79 Å². The number of carbonyl (C=O) groups is 1. The van der Waals surface area contributed by atoms with E-state index in [4.69, 9.17) is 14.5 Å². The van der Waals surface area contributed by atoms with E-state index in [0.29, 0.717) is 19.8 Å². The zero-order chi connectivity index (χ0) is 20.5. The predicted molar refractivity (Wildman–Crippen MR) is 116 cm³/mol. The molecule has 1 aliphatic heterocycles. The molecule has 0 aliphatic carbocycles. The SMILES string of the molecule is CCNC(=NCCOc1cccc2ccccc12)N1CCC(C(=O)OCC)CC1. The van der Waals surface area contributed by atoms with Gasteiger partial charge in [-0.2, -0.15) is 0 Å². The van der Waals surface area contributed by atoms with Crippen molar-refractivity contribution in [1.82, 2.24) is 10.2 Å². The van der Waals surface area contributed by atoms with Gasteiger partial charge in [0, 0.05) is 25.0 Å². The topological polar surface area (TPSA) is 63.2 Å². The van der Waals surface area contributed by atoms with E-state index in [-0.39, 0.29) is 11.9 Å². The van der Waals surface area contributed by atoms with Gasteiger partial charge in [-0.1, -0.05) is 36.4 Å². The van der Waals surface area contributed by atoms with E-state index in [1.807, 2.05) is 31.2 Å². The first-order valence-corrected chi connectivity index (χ1v) is 10.5. The molecule has 29 heavy (non-hydrogen) atoms. The quantitative estimate of drug-likeness (QED) is 0.336. The van der Waals surface area contributed by atoms with E-state index in [1.165, 1.54) is 5.39 Å². The number of carbonyl (C=O) groups excluding carboxylic acids is 1. The van der Waals surface area contributed by atoms with Crippen LogP contribution in [0.15, 0.2) is 47.5 Å². The van der Waals surface area contributed by atoms with Crippen LogP contribution in [-0.2, 0) is 9.53 Å². The molecule has 1 fully saturated rings. The van der Waals surface area contributed by atoms with Gasteiger partial charge in [-0.05, 0) is 38.1 Å². The molecular weight excluding hydrogens is 366 g/mol. The van der Waals surface area contributed by atoms with Crippen molar-refractivity contribution in [3.63, 3.8) is 0 Å². The van der Waals surface area contributed by atoms with Crippen LogP contribution in [0.1, 0.15) is 26.7 Å². The molecule has 2 aromatic rings. The lowest BCUT2D eigenvalue weighted by Crippen LogP contribution is -2.46. The van der Waals surface area contributed by atoms with E-state index in [9.17, 15) is 4.79 Å². The van der Waals surface area contributed by atoms with Crippen LogP contribution in [0.25, 0.3) is 10.8 Å². The number of likely N-dealkylation sites (tertiary alicyclic amines) is 1. The van der Waals surface area contributed by atoms with Crippen molar-refractivity contribution >= 4 is 22.7 Å². The number of hydrogen-bond donors (Lipinski definition) is 1. The molecule has 1 aliphatic rings. The molecule has 156 valence electrons. The van der Waals surface area contributed by atoms with Gasteiger partial charge >= 0.3 is 5.97 Å². The first kappa shape index (κ1) is 21.0. The maximum absolute atomic E-state index is 11.9. The molecule has 0 radical (unpaired) electrons. The Morgan fingerprint density at radius 1 is 1.14 bits per heavy atom. The number of piperidine rings is 1. The number of nitrogens with zero attached hydrogens (tertiary/aromatic N) is 2. The van der Waals surface area contributed by atoms with Crippen LogP contribution in [-0.4, -0.2) is 56.2 Å². The van der Waals surface area contributed by atoms with E-state index >= 15 is 0 Å². The number of guanidine groups is 1. The Labute approximate surface area is 172 Å². The Morgan fingerprint density at radius 2 is 1.90 bits per heavy atom. The monoisotopic (exact) mass is 397 g/mol. The van der Waals surface area contributed by atoms with Gasteiger partial charge in [0.25, 0.3) is 0 Å². The minimum atomic E-state index is -0.0717. The fourth-order valence-corrected chi connectivity index (χ4v) is 3.64. The summed E-state index contributed by atoms with van der Waals surface area (Å²) in [7, 11) is 0. The molecule has 2 aromatic carbocycles. The Kier molecular flexibility index (Phi) is 7.73. The number of ether oxygens (including phenoxy) is 2. The summed E-state index contributed by atoms with van der Waals surface area (Å²) in [5, 5.41) is 5.64. The maximum atomic E-state index is 11.9.